The van der Waals surface area contributed by atoms with Gasteiger partial charge in [0.25, 0.3) is 0 Å². The summed E-state index contributed by atoms with van der Waals surface area (Å²) in [5.74, 6) is 0. The summed E-state index contributed by atoms with van der Waals surface area (Å²) in [5, 5.41) is 0. The predicted molar refractivity (Wildman–Crippen MR) is 58.4 cm³/mol. The fourth-order valence-corrected chi connectivity index (χ4v) is 2.72. The molecule has 0 aromatic heterocycles. The van der Waals surface area contributed by atoms with Gasteiger partial charge in [0.15, 0.2) is 0 Å². The largest absolute Gasteiger partial charge is 0.381 e. The lowest BCUT2D eigenvalue weighted by atomic mass is 9.79. The van der Waals surface area contributed by atoms with E-state index in [1.165, 1.54) is 32.4 Å². The van der Waals surface area contributed by atoms with Gasteiger partial charge in [-0.1, -0.05) is 0 Å². The minimum absolute atomic E-state index is 0.349. The van der Waals surface area contributed by atoms with Gasteiger partial charge in [0, 0.05) is 25.3 Å². The van der Waals surface area contributed by atoms with E-state index in [4.69, 9.17) is 4.74 Å². The smallest absolute Gasteiger partial charge is 0.0471 e. The van der Waals surface area contributed by atoms with Crippen molar-refractivity contribution in [3.05, 3.63) is 0 Å². The third-order valence-corrected chi connectivity index (χ3v) is 3.94. The van der Waals surface area contributed by atoms with E-state index in [9.17, 15) is 0 Å². The molecule has 0 radical (unpaired) electrons. The van der Waals surface area contributed by atoms with Crippen molar-refractivity contribution < 1.29 is 4.74 Å². The second kappa shape index (κ2) is 3.49. The molecule has 0 bridgehead atoms. The highest BCUT2D eigenvalue weighted by Gasteiger charge is 2.42. The van der Waals surface area contributed by atoms with Crippen molar-refractivity contribution in [2.75, 3.05) is 26.3 Å². The first-order chi connectivity index (χ1) is 6.52. The topological polar surface area (TPSA) is 12.5 Å². The molecule has 0 N–H and O–H groups in total. The van der Waals surface area contributed by atoms with Gasteiger partial charge in [-0.2, -0.15) is 0 Å². The van der Waals surface area contributed by atoms with Crippen LogP contribution in [0.25, 0.3) is 0 Å². The van der Waals surface area contributed by atoms with Crippen LogP contribution in [0.15, 0.2) is 0 Å². The molecule has 2 rings (SSSR count). The highest BCUT2D eigenvalue weighted by Crippen LogP contribution is 2.41. The lowest BCUT2D eigenvalue weighted by Crippen LogP contribution is -2.42. The van der Waals surface area contributed by atoms with Crippen LogP contribution in [0.3, 0.4) is 0 Å². The number of nitrogens with zero attached hydrogens (tertiary/aromatic N) is 1. The standard InChI is InChI=1S/C12H23NO/c1-11(2,3)13-7-4-12(10-13)5-8-14-9-6-12/h4-10H2,1-3H3. The summed E-state index contributed by atoms with van der Waals surface area (Å²) in [6, 6.07) is 0. The Hall–Kier alpha value is -0.0800. The first kappa shape index (κ1) is 10.4. The lowest BCUT2D eigenvalue weighted by Gasteiger charge is -2.37. The maximum atomic E-state index is 5.46. The number of ether oxygens (including phenoxy) is 1. The number of hydrogen-bond acceptors (Lipinski definition) is 2. The Morgan fingerprint density at radius 1 is 1.07 bits per heavy atom. The summed E-state index contributed by atoms with van der Waals surface area (Å²) in [6.45, 7) is 11.5. The summed E-state index contributed by atoms with van der Waals surface area (Å²) in [4.78, 5) is 2.64. The molecule has 0 amide bonds. The van der Waals surface area contributed by atoms with Crippen molar-refractivity contribution in [2.45, 2.75) is 45.6 Å². The molecule has 0 atom stereocenters. The zero-order chi connectivity index (χ0) is 10.2. The molecule has 2 nitrogen and oxygen atoms in total. The molecule has 14 heavy (non-hydrogen) atoms. The summed E-state index contributed by atoms with van der Waals surface area (Å²) in [7, 11) is 0. The van der Waals surface area contributed by atoms with Gasteiger partial charge >= 0.3 is 0 Å². The molecule has 2 heterocycles. The molecule has 2 heteroatoms. The van der Waals surface area contributed by atoms with Crippen molar-refractivity contribution in [3.63, 3.8) is 0 Å². The minimum Gasteiger partial charge on any atom is -0.381 e. The van der Waals surface area contributed by atoms with Gasteiger partial charge in [-0.25, -0.2) is 0 Å². The van der Waals surface area contributed by atoms with E-state index in [1.54, 1.807) is 0 Å². The Morgan fingerprint density at radius 3 is 2.21 bits per heavy atom. The van der Waals surface area contributed by atoms with Gasteiger partial charge in [-0.15, -0.1) is 0 Å². The Balaban J connectivity index is 1.99. The average molecular weight is 197 g/mol. The monoisotopic (exact) mass is 197 g/mol. The van der Waals surface area contributed by atoms with Crippen molar-refractivity contribution in [3.8, 4) is 0 Å². The molecular formula is C12H23NO. The lowest BCUT2D eigenvalue weighted by molar-refractivity contribution is 0.0139. The van der Waals surface area contributed by atoms with E-state index in [-0.39, 0.29) is 0 Å². The quantitative estimate of drug-likeness (QED) is 0.591. The van der Waals surface area contributed by atoms with Crippen LogP contribution in [0.2, 0.25) is 0 Å². The van der Waals surface area contributed by atoms with Crippen LogP contribution in [-0.4, -0.2) is 36.7 Å². The molecular weight excluding hydrogens is 174 g/mol. The average Bonchev–Trinajstić information content (AvgIpc) is 2.50. The van der Waals surface area contributed by atoms with Crippen LogP contribution in [0.5, 0.6) is 0 Å². The van der Waals surface area contributed by atoms with Crippen LogP contribution < -0.4 is 0 Å². The zero-order valence-electron chi connectivity index (χ0n) is 9.81. The SMILES string of the molecule is CC(C)(C)N1CCC2(CCOCC2)C1. The Kier molecular flexibility index (Phi) is 2.61. The molecule has 1 spiro atoms. The Bertz CT molecular complexity index is 201. The van der Waals surface area contributed by atoms with Gasteiger partial charge < -0.3 is 4.74 Å². The van der Waals surface area contributed by atoms with E-state index in [2.05, 4.69) is 25.7 Å². The van der Waals surface area contributed by atoms with Gasteiger partial charge in [-0.05, 0) is 52.0 Å². The molecule has 0 aromatic carbocycles. The van der Waals surface area contributed by atoms with Crippen molar-refractivity contribution in [1.82, 2.24) is 4.90 Å². The van der Waals surface area contributed by atoms with Gasteiger partial charge in [-0.3, -0.25) is 4.90 Å². The second-order valence-corrected chi connectivity index (χ2v) is 5.95. The zero-order valence-corrected chi connectivity index (χ0v) is 9.81. The Morgan fingerprint density at radius 2 is 1.71 bits per heavy atom. The van der Waals surface area contributed by atoms with E-state index in [1.807, 2.05) is 0 Å². The molecule has 0 aromatic rings. The fourth-order valence-electron chi connectivity index (χ4n) is 2.72. The fraction of sp³-hybridized carbons (Fsp3) is 1.00. The summed E-state index contributed by atoms with van der Waals surface area (Å²) in [6.07, 6.45) is 3.94. The number of rotatable bonds is 0. The molecule has 2 aliphatic heterocycles. The highest BCUT2D eigenvalue weighted by molar-refractivity contribution is 4.95. The van der Waals surface area contributed by atoms with Crippen LogP contribution in [0, 0.1) is 5.41 Å². The summed E-state index contributed by atoms with van der Waals surface area (Å²) >= 11 is 0. The normalized spacial score (nSPS) is 28.5. The molecule has 0 aliphatic carbocycles. The van der Waals surface area contributed by atoms with Crippen LogP contribution >= 0.6 is 0 Å². The molecule has 2 aliphatic rings. The summed E-state index contributed by atoms with van der Waals surface area (Å²) in [5.41, 5.74) is 0.952. The van der Waals surface area contributed by atoms with Gasteiger partial charge in [0.05, 0.1) is 0 Å². The second-order valence-electron chi connectivity index (χ2n) is 5.95. The van der Waals surface area contributed by atoms with Crippen LogP contribution in [0.1, 0.15) is 40.0 Å². The number of likely N-dealkylation sites (tertiary alicyclic amines) is 1. The predicted octanol–water partition coefficient (Wildman–Crippen LogP) is 2.29. The van der Waals surface area contributed by atoms with Crippen molar-refractivity contribution in [2.24, 2.45) is 5.41 Å². The van der Waals surface area contributed by atoms with E-state index >= 15 is 0 Å². The number of hydrogen-bond donors (Lipinski definition) is 0. The van der Waals surface area contributed by atoms with Crippen LogP contribution in [-0.2, 0) is 4.74 Å². The van der Waals surface area contributed by atoms with E-state index in [0.29, 0.717) is 11.0 Å². The van der Waals surface area contributed by atoms with E-state index < -0.39 is 0 Å². The maximum absolute atomic E-state index is 5.46. The van der Waals surface area contributed by atoms with E-state index in [0.717, 1.165) is 13.2 Å². The third-order valence-electron chi connectivity index (χ3n) is 3.94. The van der Waals surface area contributed by atoms with Gasteiger partial charge in [0.1, 0.15) is 0 Å². The minimum atomic E-state index is 0.349. The highest BCUT2D eigenvalue weighted by atomic mass is 16.5. The maximum Gasteiger partial charge on any atom is 0.0471 e. The van der Waals surface area contributed by atoms with Gasteiger partial charge in [0.2, 0.25) is 0 Å². The van der Waals surface area contributed by atoms with Crippen LogP contribution in [0.4, 0.5) is 0 Å². The van der Waals surface area contributed by atoms with Crippen molar-refractivity contribution in [1.29, 1.82) is 0 Å². The molecule has 2 fully saturated rings. The van der Waals surface area contributed by atoms with Crippen molar-refractivity contribution >= 4 is 0 Å². The first-order valence-electron chi connectivity index (χ1n) is 5.85. The molecule has 0 saturated carbocycles. The molecule has 0 unspecified atom stereocenters. The first-order valence-corrected chi connectivity index (χ1v) is 5.85. The molecule has 82 valence electrons. The third kappa shape index (κ3) is 1.96. The molecule has 2 saturated heterocycles. The Labute approximate surface area is 87.6 Å². The summed E-state index contributed by atoms with van der Waals surface area (Å²) < 4.78 is 5.46.